The SMILES string of the molecule is CC(NC(=O)N1CCC[C@H](C(=O)O)C1)C1CCOCC1. The maximum Gasteiger partial charge on any atom is 0.317 e. The number of likely N-dealkylation sites (tertiary alicyclic amines) is 1. The van der Waals surface area contributed by atoms with Gasteiger partial charge in [0.25, 0.3) is 0 Å². The van der Waals surface area contributed by atoms with E-state index in [4.69, 9.17) is 9.84 Å². The topological polar surface area (TPSA) is 78.9 Å². The van der Waals surface area contributed by atoms with Crippen molar-refractivity contribution in [2.24, 2.45) is 11.8 Å². The fourth-order valence-electron chi connectivity index (χ4n) is 2.98. The molecule has 2 aliphatic heterocycles. The highest BCUT2D eigenvalue weighted by atomic mass is 16.5. The quantitative estimate of drug-likeness (QED) is 0.819. The molecule has 0 aromatic heterocycles. The molecule has 0 saturated carbocycles. The van der Waals surface area contributed by atoms with E-state index >= 15 is 0 Å². The van der Waals surface area contributed by atoms with Crippen LogP contribution in [-0.2, 0) is 9.53 Å². The molecule has 2 atom stereocenters. The standard InChI is InChI=1S/C14H24N2O4/c1-10(11-4-7-20-8-5-11)15-14(19)16-6-2-3-12(9-16)13(17)18/h10-12H,2-9H2,1H3,(H,15,19)(H,17,18)/t10?,12-/m0/s1. The molecule has 0 aliphatic carbocycles. The summed E-state index contributed by atoms with van der Waals surface area (Å²) in [6, 6.07) is -0.0217. The van der Waals surface area contributed by atoms with Crippen molar-refractivity contribution >= 4 is 12.0 Å². The molecule has 2 aliphatic rings. The molecule has 0 bridgehead atoms. The Bertz CT molecular complexity index is 355. The van der Waals surface area contributed by atoms with E-state index in [-0.39, 0.29) is 12.1 Å². The van der Waals surface area contributed by atoms with Crippen molar-refractivity contribution in [3.8, 4) is 0 Å². The number of hydrogen-bond acceptors (Lipinski definition) is 3. The number of carboxylic acid groups (broad SMARTS) is 1. The van der Waals surface area contributed by atoms with Gasteiger partial charge in [-0.05, 0) is 38.5 Å². The van der Waals surface area contributed by atoms with E-state index in [2.05, 4.69) is 5.32 Å². The van der Waals surface area contributed by atoms with Gasteiger partial charge in [-0.2, -0.15) is 0 Å². The van der Waals surface area contributed by atoms with E-state index in [0.717, 1.165) is 32.5 Å². The van der Waals surface area contributed by atoms with E-state index in [1.165, 1.54) is 0 Å². The third-order valence-corrected chi connectivity index (χ3v) is 4.38. The first-order chi connectivity index (χ1) is 9.58. The number of carboxylic acids is 1. The molecule has 2 heterocycles. The Morgan fingerprint density at radius 2 is 2.00 bits per heavy atom. The zero-order valence-corrected chi connectivity index (χ0v) is 12.0. The molecule has 0 radical (unpaired) electrons. The number of aliphatic carboxylic acids is 1. The van der Waals surface area contributed by atoms with Gasteiger partial charge in [-0.25, -0.2) is 4.79 Å². The summed E-state index contributed by atoms with van der Waals surface area (Å²) in [5, 5.41) is 12.1. The second-order valence-corrected chi connectivity index (χ2v) is 5.81. The highest BCUT2D eigenvalue weighted by Crippen LogP contribution is 2.20. The Hall–Kier alpha value is -1.30. The van der Waals surface area contributed by atoms with E-state index in [1.807, 2.05) is 6.92 Å². The molecule has 2 rings (SSSR count). The number of carbonyl (C=O) groups excluding carboxylic acids is 1. The molecule has 1 unspecified atom stereocenters. The molecule has 0 spiro atoms. The van der Waals surface area contributed by atoms with Gasteiger partial charge in [-0.1, -0.05) is 0 Å². The number of nitrogens with one attached hydrogen (secondary N) is 1. The van der Waals surface area contributed by atoms with Gasteiger partial charge in [-0.15, -0.1) is 0 Å². The lowest BCUT2D eigenvalue weighted by Gasteiger charge is -2.34. The summed E-state index contributed by atoms with van der Waals surface area (Å²) in [7, 11) is 0. The first kappa shape index (κ1) is 15.1. The lowest BCUT2D eigenvalue weighted by atomic mass is 9.93. The molecule has 2 amide bonds. The monoisotopic (exact) mass is 284 g/mol. The molecule has 2 saturated heterocycles. The van der Waals surface area contributed by atoms with E-state index < -0.39 is 11.9 Å². The molecule has 0 aromatic carbocycles. The molecule has 2 fully saturated rings. The summed E-state index contributed by atoms with van der Waals surface area (Å²) in [6.07, 6.45) is 3.36. The van der Waals surface area contributed by atoms with Crippen molar-refractivity contribution in [1.29, 1.82) is 0 Å². The van der Waals surface area contributed by atoms with Gasteiger partial charge in [0.1, 0.15) is 0 Å². The normalized spacial score (nSPS) is 26.1. The maximum atomic E-state index is 12.2. The summed E-state index contributed by atoms with van der Waals surface area (Å²) in [4.78, 5) is 24.9. The van der Waals surface area contributed by atoms with E-state index in [0.29, 0.717) is 25.4 Å². The summed E-state index contributed by atoms with van der Waals surface area (Å²) in [5.74, 6) is -0.777. The summed E-state index contributed by atoms with van der Waals surface area (Å²) in [6.45, 7) is 4.51. The Labute approximate surface area is 119 Å². The number of carbonyl (C=O) groups is 2. The molecule has 6 heteroatoms. The third kappa shape index (κ3) is 3.85. The van der Waals surface area contributed by atoms with Crippen molar-refractivity contribution in [1.82, 2.24) is 10.2 Å². The zero-order chi connectivity index (χ0) is 14.5. The minimum Gasteiger partial charge on any atom is -0.481 e. The van der Waals surface area contributed by atoms with Gasteiger partial charge in [0.05, 0.1) is 5.92 Å². The number of ether oxygens (including phenoxy) is 1. The average Bonchev–Trinajstić information content (AvgIpc) is 2.48. The fraction of sp³-hybridized carbons (Fsp3) is 0.857. The number of rotatable bonds is 3. The van der Waals surface area contributed by atoms with Crippen LogP contribution in [0.1, 0.15) is 32.6 Å². The molecule has 6 nitrogen and oxygen atoms in total. The van der Waals surface area contributed by atoms with Gasteiger partial charge in [-0.3, -0.25) is 4.79 Å². The van der Waals surface area contributed by atoms with Crippen molar-refractivity contribution < 1.29 is 19.4 Å². The predicted molar refractivity (Wildman–Crippen MR) is 73.5 cm³/mol. The fourth-order valence-corrected chi connectivity index (χ4v) is 2.98. The Kier molecular flexibility index (Phi) is 5.23. The lowest BCUT2D eigenvalue weighted by molar-refractivity contribution is -0.143. The van der Waals surface area contributed by atoms with Crippen LogP contribution in [0.5, 0.6) is 0 Å². The number of urea groups is 1. The van der Waals surface area contributed by atoms with Crippen molar-refractivity contribution in [2.45, 2.75) is 38.6 Å². The van der Waals surface area contributed by atoms with Gasteiger partial charge >= 0.3 is 12.0 Å². The maximum absolute atomic E-state index is 12.2. The highest BCUT2D eigenvalue weighted by Gasteiger charge is 2.29. The Balaban J connectivity index is 1.82. The van der Waals surface area contributed by atoms with Crippen LogP contribution < -0.4 is 5.32 Å². The lowest BCUT2D eigenvalue weighted by Crippen LogP contribution is -2.51. The van der Waals surface area contributed by atoms with Crippen LogP contribution >= 0.6 is 0 Å². The smallest absolute Gasteiger partial charge is 0.317 e. The van der Waals surface area contributed by atoms with Crippen LogP contribution in [0.25, 0.3) is 0 Å². The molecule has 0 aromatic rings. The average molecular weight is 284 g/mol. The number of amides is 2. The van der Waals surface area contributed by atoms with Crippen LogP contribution in [-0.4, -0.2) is 54.4 Å². The van der Waals surface area contributed by atoms with E-state index in [9.17, 15) is 9.59 Å². The first-order valence-electron chi connectivity index (χ1n) is 7.44. The molecule has 114 valence electrons. The first-order valence-corrected chi connectivity index (χ1v) is 7.44. The summed E-state index contributed by atoms with van der Waals surface area (Å²) >= 11 is 0. The Morgan fingerprint density at radius 1 is 1.30 bits per heavy atom. The van der Waals surface area contributed by atoms with Crippen molar-refractivity contribution in [3.63, 3.8) is 0 Å². The van der Waals surface area contributed by atoms with Crippen molar-refractivity contribution in [2.75, 3.05) is 26.3 Å². The zero-order valence-electron chi connectivity index (χ0n) is 12.0. The largest absolute Gasteiger partial charge is 0.481 e. The molecule has 20 heavy (non-hydrogen) atoms. The third-order valence-electron chi connectivity index (χ3n) is 4.38. The number of piperidine rings is 1. The van der Waals surface area contributed by atoms with Gasteiger partial charge in [0.2, 0.25) is 0 Å². The second kappa shape index (κ2) is 6.92. The minimum absolute atomic E-state index is 0.108. The number of hydrogen-bond donors (Lipinski definition) is 2. The van der Waals surface area contributed by atoms with Crippen LogP contribution in [0.2, 0.25) is 0 Å². The van der Waals surface area contributed by atoms with Gasteiger partial charge in [0, 0.05) is 32.3 Å². The van der Waals surface area contributed by atoms with Crippen LogP contribution in [0.3, 0.4) is 0 Å². The van der Waals surface area contributed by atoms with Crippen LogP contribution in [0, 0.1) is 11.8 Å². The predicted octanol–water partition coefficient (Wildman–Crippen LogP) is 1.31. The molecule has 2 N–H and O–H groups in total. The van der Waals surface area contributed by atoms with Crippen LogP contribution in [0.15, 0.2) is 0 Å². The molecular weight excluding hydrogens is 260 g/mol. The van der Waals surface area contributed by atoms with Crippen molar-refractivity contribution in [3.05, 3.63) is 0 Å². The highest BCUT2D eigenvalue weighted by molar-refractivity contribution is 5.76. The summed E-state index contributed by atoms with van der Waals surface area (Å²) in [5.41, 5.74) is 0. The summed E-state index contributed by atoms with van der Waals surface area (Å²) < 4.78 is 5.32. The van der Waals surface area contributed by atoms with Gasteiger partial charge < -0.3 is 20.1 Å². The minimum atomic E-state index is -0.806. The second-order valence-electron chi connectivity index (χ2n) is 5.81. The number of nitrogens with zero attached hydrogens (tertiary/aromatic N) is 1. The van der Waals surface area contributed by atoms with Crippen LogP contribution in [0.4, 0.5) is 4.79 Å². The van der Waals surface area contributed by atoms with E-state index in [1.54, 1.807) is 4.90 Å². The Morgan fingerprint density at radius 3 is 2.65 bits per heavy atom. The molecular formula is C14H24N2O4. The van der Waals surface area contributed by atoms with Gasteiger partial charge in [0.15, 0.2) is 0 Å².